The summed E-state index contributed by atoms with van der Waals surface area (Å²) in [5.74, 6) is -2.46. The number of fused-ring (bicyclic) bond motifs is 1. The van der Waals surface area contributed by atoms with Crippen molar-refractivity contribution >= 4 is 39.7 Å². The Bertz CT molecular complexity index is 1220. The molecule has 1 fully saturated rings. The van der Waals surface area contributed by atoms with Crippen molar-refractivity contribution in [3.05, 3.63) is 57.6 Å². The van der Waals surface area contributed by atoms with Gasteiger partial charge in [-0.05, 0) is 42.7 Å². The van der Waals surface area contributed by atoms with Crippen LogP contribution in [0, 0.1) is 5.92 Å². The number of aliphatic carboxylic acids is 1. The molecule has 0 bridgehead atoms. The minimum absolute atomic E-state index is 0.0520. The third-order valence-electron chi connectivity index (χ3n) is 6.29. The van der Waals surface area contributed by atoms with Gasteiger partial charge in [-0.25, -0.2) is 4.79 Å². The summed E-state index contributed by atoms with van der Waals surface area (Å²) in [6.45, 7) is 0.140. The van der Waals surface area contributed by atoms with E-state index in [0.717, 1.165) is 10.5 Å². The molecule has 2 heterocycles. The van der Waals surface area contributed by atoms with Crippen molar-refractivity contribution in [1.82, 2.24) is 10.2 Å². The highest BCUT2D eigenvalue weighted by molar-refractivity contribution is 9.10. The SMILES string of the molecule is NC(=O)N1CCC(C(=O)O)CC1(C(N)=O)c1ccc(Br)cc1C(=O)NCc1ccc2c(c1)OCO2. The second-order valence-corrected chi connectivity index (χ2v) is 9.22. The quantitative estimate of drug-likeness (QED) is 0.426. The zero-order valence-corrected chi connectivity index (χ0v) is 20.0. The van der Waals surface area contributed by atoms with Crippen LogP contribution in [0.15, 0.2) is 40.9 Å². The Morgan fingerprint density at radius 2 is 1.86 bits per heavy atom. The molecule has 2 aromatic carbocycles. The Labute approximate surface area is 208 Å². The van der Waals surface area contributed by atoms with Gasteiger partial charge in [-0.15, -0.1) is 0 Å². The number of urea groups is 1. The molecule has 11 nitrogen and oxygen atoms in total. The molecule has 4 amide bonds. The van der Waals surface area contributed by atoms with Gasteiger partial charge in [-0.1, -0.05) is 28.1 Å². The molecule has 35 heavy (non-hydrogen) atoms. The van der Waals surface area contributed by atoms with E-state index >= 15 is 0 Å². The van der Waals surface area contributed by atoms with Crippen molar-refractivity contribution in [2.24, 2.45) is 17.4 Å². The predicted molar refractivity (Wildman–Crippen MR) is 125 cm³/mol. The van der Waals surface area contributed by atoms with Gasteiger partial charge in [-0.3, -0.25) is 14.4 Å². The van der Waals surface area contributed by atoms with Gasteiger partial charge in [0.05, 0.1) is 5.92 Å². The zero-order chi connectivity index (χ0) is 25.3. The second kappa shape index (κ2) is 9.45. The van der Waals surface area contributed by atoms with Crippen LogP contribution in [0.25, 0.3) is 0 Å². The first-order valence-corrected chi connectivity index (χ1v) is 11.5. The first kappa shape index (κ1) is 24.3. The van der Waals surface area contributed by atoms with Crippen LogP contribution in [0.4, 0.5) is 4.79 Å². The molecule has 2 aliphatic rings. The summed E-state index contributed by atoms with van der Waals surface area (Å²) in [6.07, 6.45) is -0.222. The van der Waals surface area contributed by atoms with Crippen LogP contribution in [0.2, 0.25) is 0 Å². The van der Waals surface area contributed by atoms with Crippen molar-refractivity contribution < 1.29 is 33.8 Å². The number of carbonyl (C=O) groups excluding carboxylic acids is 3. The molecule has 0 saturated carbocycles. The molecular formula is C23H23BrN4O7. The van der Waals surface area contributed by atoms with Crippen LogP contribution in [-0.4, -0.2) is 47.2 Å². The van der Waals surface area contributed by atoms with Gasteiger partial charge in [0, 0.05) is 28.7 Å². The predicted octanol–water partition coefficient (Wildman–Crippen LogP) is 1.66. The molecule has 4 rings (SSSR count). The Kier molecular flexibility index (Phi) is 6.57. The maximum Gasteiger partial charge on any atom is 0.315 e. The normalized spacial score (nSPS) is 20.8. The Morgan fingerprint density at radius 3 is 2.54 bits per heavy atom. The van der Waals surface area contributed by atoms with Crippen LogP contribution in [-0.2, 0) is 21.7 Å². The van der Waals surface area contributed by atoms with Crippen molar-refractivity contribution in [3.8, 4) is 11.5 Å². The fourth-order valence-corrected chi connectivity index (χ4v) is 4.93. The summed E-state index contributed by atoms with van der Waals surface area (Å²) < 4.78 is 11.2. The van der Waals surface area contributed by atoms with Crippen LogP contribution in [0.5, 0.6) is 11.5 Å². The number of ether oxygens (including phenoxy) is 2. The summed E-state index contributed by atoms with van der Waals surface area (Å²) in [6, 6.07) is 8.84. The van der Waals surface area contributed by atoms with Crippen LogP contribution < -0.4 is 26.3 Å². The van der Waals surface area contributed by atoms with Gasteiger partial charge in [0.1, 0.15) is 5.54 Å². The molecular weight excluding hydrogens is 524 g/mol. The first-order chi connectivity index (χ1) is 16.6. The third kappa shape index (κ3) is 4.48. The van der Waals surface area contributed by atoms with E-state index in [4.69, 9.17) is 20.9 Å². The molecule has 0 radical (unpaired) electrons. The minimum atomic E-state index is -1.92. The number of nitrogens with two attached hydrogens (primary N) is 2. The average Bonchev–Trinajstić information content (AvgIpc) is 3.29. The number of primary amides is 2. The van der Waals surface area contributed by atoms with Crippen LogP contribution >= 0.6 is 15.9 Å². The summed E-state index contributed by atoms with van der Waals surface area (Å²) >= 11 is 3.33. The Morgan fingerprint density at radius 1 is 1.11 bits per heavy atom. The number of piperidine rings is 1. The number of nitrogens with zero attached hydrogens (tertiary/aromatic N) is 1. The number of amides is 4. The van der Waals surface area contributed by atoms with Gasteiger partial charge in [-0.2, -0.15) is 0 Å². The summed E-state index contributed by atoms with van der Waals surface area (Å²) in [5.41, 5.74) is 10.3. The molecule has 2 aliphatic heterocycles. The molecule has 12 heteroatoms. The minimum Gasteiger partial charge on any atom is -0.481 e. The molecule has 2 unspecified atom stereocenters. The van der Waals surface area contributed by atoms with Crippen molar-refractivity contribution in [1.29, 1.82) is 0 Å². The van der Waals surface area contributed by atoms with E-state index < -0.39 is 35.3 Å². The zero-order valence-electron chi connectivity index (χ0n) is 18.5. The maximum absolute atomic E-state index is 13.3. The number of nitrogens with one attached hydrogen (secondary N) is 1. The Balaban J connectivity index is 1.72. The van der Waals surface area contributed by atoms with E-state index in [1.807, 2.05) is 0 Å². The van der Waals surface area contributed by atoms with E-state index in [0.29, 0.717) is 16.0 Å². The van der Waals surface area contributed by atoms with Crippen LogP contribution in [0.3, 0.4) is 0 Å². The van der Waals surface area contributed by atoms with E-state index in [1.165, 1.54) is 12.1 Å². The highest BCUT2D eigenvalue weighted by Gasteiger charge is 2.53. The molecule has 1 saturated heterocycles. The molecule has 184 valence electrons. The number of rotatable bonds is 6. The van der Waals surface area contributed by atoms with E-state index in [9.17, 15) is 24.3 Å². The molecule has 0 spiro atoms. The lowest BCUT2D eigenvalue weighted by Crippen LogP contribution is -2.63. The van der Waals surface area contributed by atoms with Gasteiger partial charge >= 0.3 is 12.0 Å². The van der Waals surface area contributed by atoms with Gasteiger partial charge in [0.15, 0.2) is 11.5 Å². The lowest BCUT2D eigenvalue weighted by Gasteiger charge is -2.46. The smallest absolute Gasteiger partial charge is 0.315 e. The number of carbonyl (C=O) groups is 4. The number of carboxylic acids is 1. The first-order valence-electron chi connectivity index (χ1n) is 10.7. The number of benzene rings is 2. The lowest BCUT2D eigenvalue weighted by molar-refractivity contribution is -0.147. The second-order valence-electron chi connectivity index (χ2n) is 8.30. The number of carboxylic acid groups (broad SMARTS) is 1. The highest BCUT2D eigenvalue weighted by Crippen LogP contribution is 2.42. The molecule has 0 aliphatic carbocycles. The topological polar surface area (TPSA) is 174 Å². The molecule has 2 atom stereocenters. The van der Waals surface area contributed by atoms with Crippen molar-refractivity contribution in [3.63, 3.8) is 0 Å². The molecule has 2 aromatic rings. The summed E-state index contributed by atoms with van der Waals surface area (Å²) in [7, 11) is 0. The highest BCUT2D eigenvalue weighted by atomic mass is 79.9. The fraction of sp³-hybridized carbons (Fsp3) is 0.304. The number of hydrogen-bond acceptors (Lipinski definition) is 6. The van der Waals surface area contributed by atoms with Crippen molar-refractivity contribution in [2.45, 2.75) is 24.9 Å². The van der Waals surface area contributed by atoms with E-state index in [2.05, 4.69) is 21.2 Å². The van der Waals surface area contributed by atoms with Crippen molar-refractivity contribution in [2.75, 3.05) is 13.3 Å². The molecule has 6 N–H and O–H groups in total. The Hall–Kier alpha value is -3.80. The van der Waals surface area contributed by atoms with Gasteiger partial charge in [0.2, 0.25) is 12.7 Å². The lowest BCUT2D eigenvalue weighted by atomic mass is 9.73. The van der Waals surface area contributed by atoms with E-state index in [-0.39, 0.29) is 43.9 Å². The third-order valence-corrected chi connectivity index (χ3v) is 6.78. The summed E-state index contributed by atoms with van der Waals surface area (Å²) in [4.78, 5) is 51.4. The van der Waals surface area contributed by atoms with Gasteiger partial charge < -0.3 is 36.3 Å². The maximum atomic E-state index is 13.3. The molecule has 0 aromatic heterocycles. The largest absolute Gasteiger partial charge is 0.481 e. The number of halogens is 1. The van der Waals surface area contributed by atoms with Crippen LogP contribution in [0.1, 0.15) is 34.3 Å². The number of hydrogen-bond donors (Lipinski definition) is 4. The number of likely N-dealkylation sites (tertiary alicyclic amines) is 1. The van der Waals surface area contributed by atoms with E-state index in [1.54, 1.807) is 24.3 Å². The van der Waals surface area contributed by atoms with Gasteiger partial charge in [0.25, 0.3) is 5.91 Å². The summed E-state index contributed by atoms with van der Waals surface area (Å²) in [5, 5.41) is 12.4. The standard InChI is InChI=1S/C23H23BrN4O7/c24-14-2-3-16(23(21(25)32)9-13(20(30)31)5-6-28(23)22(26)33)15(8-14)19(29)27-10-12-1-4-17-18(7-12)35-11-34-17/h1-4,7-8,13H,5-6,9-11H2,(H2,25,32)(H2,26,33)(H,27,29)(H,30,31). The average molecular weight is 547 g/mol. The monoisotopic (exact) mass is 546 g/mol. The fourth-order valence-electron chi connectivity index (χ4n) is 4.57.